The number of rotatable bonds is 2. The zero-order chi connectivity index (χ0) is 14.3. The Bertz CT molecular complexity index is 822. The van der Waals surface area contributed by atoms with Gasteiger partial charge in [-0.2, -0.15) is 0 Å². The molecule has 1 heterocycles. The SMILES string of the molecule is Cc1cc(Cl)ccc1C(=O)c1c[nH]c2cc(Br)ccc12. The smallest absolute Gasteiger partial charge is 0.195 e. The van der Waals surface area contributed by atoms with Crippen molar-refractivity contribution in [3.8, 4) is 0 Å². The molecular weight excluding hydrogens is 338 g/mol. The van der Waals surface area contributed by atoms with Crippen LogP contribution in [0.3, 0.4) is 0 Å². The van der Waals surface area contributed by atoms with Crippen LogP contribution in [0, 0.1) is 6.92 Å². The maximum absolute atomic E-state index is 12.7. The fourth-order valence-electron chi connectivity index (χ4n) is 2.31. The van der Waals surface area contributed by atoms with Gasteiger partial charge < -0.3 is 4.98 Å². The number of halogens is 2. The minimum atomic E-state index is 0.00717. The predicted molar refractivity (Wildman–Crippen MR) is 85.6 cm³/mol. The van der Waals surface area contributed by atoms with E-state index in [9.17, 15) is 4.79 Å². The van der Waals surface area contributed by atoms with Gasteiger partial charge in [-0.15, -0.1) is 0 Å². The zero-order valence-corrected chi connectivity index (χ0v) is 13.0. The molecule has 1 N–H and O–H groups in total. The number of aryl methyl sites for hydroxylation is 1. The van der Waals surface area contributed by atoms with Crippen molar-refractivity contribution >= 4 is 44.2 Å². The van der Waals surface area contributed by atoms with Gasteiger partial charge in [0.25, 0.3) is 0 Å². The fraction of sp³-hybridized carbons (Fsp3) is 0.0625. The summed E-state index contributed by atoms with van der Waals surface area (Å²) < 4.78 is 0.980. The van der Waals surface area contributed by atoms with Crippen molar-refractivity contribution in [3.63, 3.8) is 0 Å². The molecule has 3 rings (SSSR count). The third-order valence-electron chi connectivity index (χ3n) is 3.32. The molecule has 0 radical (unpaired) electrons. The van der Waals surface area contributed by atoms with E-state index >= 15 is 0 Å². The first-order valence-electron chi connectivity index (χ1n) is 6.14. The van der Waals surface area contributed by atoms with E-state index in [4.69, 9.17) is 11.6 Å². The van der Waals surface area contributed by atoms with Gasteiger partial charge in [0.05, 0.1) is 0 Å². The van der Waals surface area contributed by atoms with E-state index in [2.05, 4.69) is 20.9 Å². The summed E-state index contributed by atoms with van der Waals surface area (Å²) in [5, 5.41) is 1.56. The van der Waals surface area contributed by atoms with E-state index in [0.717, 1.165) is 20.9 Å². The van der Waals surface area contributed by atoms with Crippen molar-refractivity contribution in [3.05, 3.63) is 68.8 Å². The van der Waals surface area contributed by atoms with Gasteiger partial charge in [0.1, 0.15) is 0 Å². The van der Waals surface area contributed by atoms with Gasteiger partial charge in [-0.05, 0) is 42.8 Å². The van der Waals surface area contributed by atoms with Gasteiger partial charge in [0.2, 0.25) is 0 Å². The van der Waals surface area contributed by atoms with Crippen molar-refractivity contribution in [1.82, 2.24) is 4.98 Å². The highest BCUT2D eigenvalue weighted by atomic mass is 79.9. The number of benzene rings is 2. The summed E-state index contributed by atoms with van der Waals surface area (Å²) in [7, 11) is 0. The molecule has 0 aliphatic rings. The standard InChI is InChI=1S/C16H11BrClNO/c1-9-6-11(18)3-5-12(9)16(20)14-8-19-15-7-10(17)2-4-13(14)15/h2-8,19H,1H3. The van der Waals surface area contributed by atoms with Gasteiger partial charge in [0.15, 0.2) is 5.78 Å². The summed E-state index contributed by atoms with van der Waals surface area (Å²) in [6.45, 7) is 1.89. The summed E-state index contributed by atoms with van der Waals surface area (Å²) in [5.74, 6) is 0.00717. The molecule has 0 aliphatic carbocycles. The van der Waals surface area contributed by atoms with Crippen molar-refractivity contribution in [1.29, 1.82) is 0 Å². The van der Waals surface area contributed by atoms with Crippen LogP contribution in [0.5, 0.6) is 0 Å². The molecule has 0 aliphatic heterocycles. The number of hydrogen-bond acceptors (Lipinski definition) is 1. The van der Waals surface area contributed by atoms with E-state index in [1.165, 1.54) is 0 Å². The first-order chi connectivity index (χ1) is 9.56. The molecule has 0 saturated heterocycles. The van der Waals surface area contributed by atoms with Gasteiger partial charge in [-0.1, -0.05) is 33.6 Å². The minimum Gasteiger partial charge on any atom is -0.360 e. The summed E-state index contributed by atoms with van der Waals surface area (Å²) >= 11 is 9.36. The Labute approximate surface area is 129 Å². The van der Waals surface area contributed by atoms with Crippen molar-refractivity contribution < 1.29 is 4.79 Å². The number of fused-ring (bicyclic) bond motifs is 1. The first kappa shape index (κ1) is 13.4. The number of hydrogen-bond donors (Lipinski definition) is 1. The lowest BCUT2D eigenvalue weighted by molar-refractivity contribution is 0.104. The van der Waals surface area contributed by atoms with E-state index in [-0.39, 0.29) is 5.78 Å². The highest BCUT2D eigenvalue weighted by Crippen LogP contribution is 2.26. The number of ketones is 1. The van der Waals surface area contributed by atoms with Crippen LogP contribution in [0.2, 0.25) is 5.02 Å². The Kier molecular flexibility index (Phi) is 3.40. The van der Waals surface area contributed by atoms with Gasteiger partial charge in [-0.3, -0.25) is 4.79 Å². The summed E-state index contributed by atoms with van der Waals surface area (Å²) in [6, 6.07) is 11.2. The highest BCUT2D eigenvalue weighted by Gasteiger charge is 2.16. The molecule has 0 bridgehead atoms. The second-order valence-electron chi connectivity index (χ2n) is 4.68. The average molecular weight is 349 g/mol. The molecule has 3 aromatic rings. The first-order valence-corrected chi connectivity index (χ1v) is 7.31. The number of carbonyl (C=O) groups excluding carboxylic acids is 1. The number of aromatic amines is 1. The third kappa shape index (κ3) is 2.28. The molecule has 20 heavy (non-hydrogen) atoms. The maximum atomic E-state index is 12.7. The molecule has 0 atom stereocenters. The zero-order valence-electron chi connectivity index (χ0n) is 10.7. The van der Waals surface area contributed by atoms with Crippen LogP contribution in [0.15, 0.2) is 47.1 Å². The lowest BCUT2D eigenvalue weighted by Gasteiger charge is -2.04. The molecule has 0 fully saturated rings. The fourth-order valence-corrected chi connectivity index (χ4v) is 2.90. The Morgan fingerprint density at radius 2 is 1.95 bits per heavy atom. The normalized spacial score (nSPS) is 10.9. The van der Waals surface area contributed by atoms with Crippen LogP contribution in [-0.2, 0) is 0 Å². The van der Waals surface area contributed by atoms with Crippen molar-refractivity contribution in [2.75, 3.05) is 0 Å². The lowest BCUT2D eigenvalue weighted by atomic mass is 9.99. The highest BCUT2D eigenvalue weighted by molar-refractivity contribution is 9.10. The van der Waals surface area contributed by atoms with Crippen LogP contribution in [-0.4, -0.2) is 10.8 Å². The largest absolute Gasteiger partial charge is 0.360 e. The monoisotopic (exact) mass is 347 g/mol. The Hall–Kier alpha value is -1.58. The topological polar surface area (TPSA) is 32.9 Å². The number of H-pyrrole nitrogens is 1. The minimum absolute atomic E-state index is 0.00717. The molecule has 0 spiro atoms. The summed E-state index contributed by atoms with van der Waals surface area (Å²) in [5.41, 5.74) is 3.18. The Balaban J connectivity index is 2.13. The van der Waals surface area contributed by atoms with Gasteiger partial charge >= 0.3 is 0 Å². The number of aromatic nitrogens is 1. The quantitative estimate of drug-likeness (QED) is 0.640. The van der Waals surface area contributed by atoms with Crippen molar-refractivity contribution in [2.24, 2.45) is 0 Å². The van der Waals surface area contributed by atoms with Crippen LogP contribution in [0.25, 0.3) is 10.9 Å². The molecule has 4 heteroatoms. The van der Waals surface area contributed by atoms with Crippen LogP contribution in [0.4, 0.5) is 0 Å². The van der Waals surface area contributed by atoms with Gasteiger partial charge in [0, 0.05) is 37.7 Å². The van der Waals surface area contributed by atoms with Gasteiger partial charge in [-0.25, -0.2) is 0 Å². The average Bonchev–Trinajstić information content (AvgIpc) is 2.80. The molecule has 0 saturated carbocycles. The Morgan fingerprint density at radius 1 is 1.15 bits per heavy atom. The van der Waals surface area contributed by atoms with Crippen LogP contribution in [0.1, 0.15) is 21.5 Å². The van der Waals surface area contributed by atoms with E-state index in [1.807, 2.05) is 25.1 Å². The molecule has 2 nitrogen and oxygen atoms in total. The van der Waals surface area contributed by atoms with E-state index < -0.39 is 0 Å². The molecule has 2 aromatic carbocycles. The van der Waals surface area contributed by atoms with Crippen molar-refractivity contribution in [2.45, 2.75) is 6.92 Å². The number of carbonyl (C=O) groups is 1. The molecule has 0 amide bonds. The summed E-state index contributed by atoms with van der Waals surface area (Å²) in [6.07, 6.45) is 1.76. The van der Waals surface area contributed by atoms with E-state index in [0.29, 0.717) is 16.1 Å². The molecule has 1 aromatic heterocycles. The second-order valence-corrected chi connectivity index (χ2v) is 6.03. The molecule has 0 unspecified atom stereocenters. The summed E-state index contributed by atoms with van der Waals surface area (Å²) in [4.78, 5) is 15.8. The second kappa shape index (κ2) is 5.08. The molecular formula is C16H11BrClNO. The third-order valence-corrected chi connectivity index (χ3v) is 4.05. The van der Waals surface area contributed by atoms with E-state index in [1.54, 1.807) is 24.4 Å². The molecule has 100 valence electrons. The lowest BCUT2D eigenvalue weighted by Crippen LogP contribution is -2.02. The number of nitrogens with one attached hydrogen (secondary N) is 1. The maximum Gasteiger partial charge on any atom is 0.195 e. The van der Waals surface area contributed by atoms with Crippen LogP contribution >= 0.6 is 27.5 Å². The van der Waals surface area contributed by atoms with Crippen LogP contribution < -0.4 is 0 Å². The predicted octanol–water partition coefficient (Wildman–Crippen LogP) is 5.12. The Morgan fingerprint density at radius 3 is 2.70 bits per heavy atom.